The second-order valence-corrected chi connectivity index (χ2v) is 5.24. The highest BCUT2D eigenvalue weighted by Gasteiger charge is 2.36. The van der Waals surface area contributed by atoms with E-state index in [0.29, 0.717) is 10.8 Å². The summed E-state index contributed by atoms with van der Waals surface area (Å²) in [5, 5.41) is 9.39. The van der Waals surface area contributed by atoms with E-state index in [0.717, 1.165) is 12.8 Å². The SMILES string of the molecule is CC(Oc1cccc(Cl)c1)C(=O)N(CC(=O)O)C1CC1. The van der Waals surface area contributed by atoms with Crippen LogP contribution >= 0.6 is 11.6 Å². The Hall–Kier alpha value is -1.75. The average molecular weight is 298 g/mol. The molecular weight excluding hydrogens is 282 g/mol. The van der Waals surface area contributed by atoms with Crippen LogP contribution in [0.2, 0.25) is 5.02 Å². The Balaban J connectivity index is 2.01. The molecule has 1 aliphatic carbocycles. The minimum absolute atomic E-state index is 0.0315. The van der Waals surface area contributed by atoms with Gasteiger partial charge in [0.15, 0.2) is 6.10 Å². The topological polar surface area (TPSA) is 66.8 Å². The van der Waals surface area contributed by atoms with Crippen molar-refractivity contribution in [3.63, 3.8) is 0 Å². The summed E-state index contributed by atoms with van der Waals surface area (Å²) < 4.78 is 5.53. The van der Waals surface area contributed by atoms with Crippen molar-refractivity contribution in [1.29, 1.82) is 0 Å². The monoisotopic (exact) mass is 297 g/mol. The van der Waals surface area contributed by atoms with Gasteiger partial charge in [0.1, 0.15) is 12.3 Å². The highest BCUT2D eigenvalue weighted by molar-refractivity contribution is 6.30. The minimum atomic E-state index is -1.01. The number of rotatable bonds is 6. The second kappa shape index (κ2) is 6.13. The molecule has 6 heteroatoms. The Morgan fingerprint density at radius 3 is 2.75 bits per heavy atom. The lowest BCUT2D eigenvalue weighted by molar-refractivity contribution is -0.148. The quantitative estimate of drug-likeness (QED) is 0.874. The maximum atomic E-state index is 12.3. The molecule has 0 radical (unpaired) electrons. The molecule has 0 aliphatic heterocycles. The number of halogens is 1. The molecular formula is C14H16ClNO4. The maximum absolute atomic E-state index is 12.3. The van der Waals surface area contributed by atoms with E-state index in [4.69, 9.17) is 21.4 Å². The second-order valence-electron chi connectivity index (χ2n) is 4.81. The number of carbonyl (C=O) groups is 2. The fraction of sp³-hybridized carbons (Fsp3) is 0.429. The zero-order chi connectivity index (χ0) is 14.7. The first-order valence-corrected chi connectivity index (χ1v) is 6.79. The number of carboxylic acids is 1. The lowest BCUT2D eigenvalue weighted by atomic mass is 10.3. The van der Waals surface area contributed by atoms with Crippen LogP contribution in [0.5, 0.6) is 5.75 Å². The average Bonchev–Trinajstić information content (AvgIpc) is 3.19. The number of amides is 1. The first-order chi connectivity index (χ1) is 9.47. The summed E-state index contributed by atoms with van der Waals surface area (Å²) >= 11 is 5.85. The van der Waals surface area contributed by atoms with Crippen LogP contribution in [0.25, 0.3) is 0 Å². The fourth-order valence-electron chi connectivity index (χ4n) is 1.95. The molecule has 1 atom stereocenters. The number of benzene rings is 1. The van der Waals surface area contributed by atoms with Crippen LogP contribution < -0.4 is 4.74 Å². The summed E-state index contributed by atoms with van der Waals surface area (Å²) in [5.74, 6) is -0.834. The predicted octanol–water partition coefficient (Wildman–Crippen LogP) is 2.18. The van der Waals surface area contributed by atoms with Crippen molar-refractivity contribution in [2.45, 2.75) is 31.9 Å². The summed E-state index contributed by atoms with van der Waals surface area (Å²) in [6, 6.07) is 6.79. The lowest BCUT2D eigenvalue weighted by Gasteiger charge is -2.24. The zero-order valence-corrected chi connectivity index (χ0v) is 11.8. The standard InChI is InChI=1S/C14H16ClNO4/c1-9(20-12-4-2-3-10(15)7-12)14(19)16(8-13(17)18)11-5-6-11/h2-4,7,9,11H,5-6,8H2,1H3,(H,17,18). The number of aliphatic carboxylic acids is 1. The maximum Gasteiger partial charge on any atom is 0.323 e. The molecule has 1 saturated carbocycles. The van der Waals surface area contributed by atoms with Crippen LogP contribution in [0.4, 0.5) is 0 Å². The Morgan fingerprint density at radius 2 is 2.20 bits per heavy atom. The van der Waals surface area contributed by atoms with Gasteiger partial charge in [-0.1, -0.05) is 17.7 Å². The molecule has 1 fully saturated rings. The van der Waals surface area contributed by atoms with Crippen molar-refractivity contribution in [1.82, 2.24) is 4.90 Å². The van der Waals surface area contributed by atoms with Gasteiger partial charge in [-0.2, -0.15) is 0 Å². The van der Waals surface area contributed by atoms with Crippen molar-refractivity contribution in [3.05, 3.63) is 29.3 Å². The Labute approximate surface area is 122 Å². The fourth-order valence-corrected chi connectivity index (χ4v) is 2.13. The van der Waals surface area contributed by atoms with Gasteiger partial charge < -0.3 is 14.7 Å². The number of hydrogen-bond donors (Lipinski definition) is 1. The third-order valence-corrected chi connectivity index (χ3v) is 3.27. The van der Waals surface area contributed by atoms with Crippen LogP contribution in [-0.2, 0) is 9.59 Å². The van der Waals surface area contributed by atoms with Crippen LogP contribution in [0, 0.1) is 0 Å². The van der Waals surface area contributed by atoms with Gasteiger partial charge in [0, 0.05) is 11.1 Å². The molecule has 108 valence electrons. The van der Waals surface area contributed by atoms with E-state index in [2.05, 4.69) is 0 Å². The molecule has 0 bridgehead atoms. The van der Waals surface area contributed by atoms with Gasteiger partial charge in [0.2, 0.25) is 0 Å². The van der Waals surface area contributed by atoms with E-state index in [1.807, 2.05) is 0 Å². The van der Waals surface area contributed by atoms with Gasteiger partial charge in [-0.05, 0) is 38.0 Å². The van der Waals surface area contributed by atoms with Crippen LogP contribution in [0.15, 0.2) is 24.3 Å². The minimum Gasteiger partial charge on any atom is -0.481 e. The molecule has 0 saturated heterocycles. The van der Waals surface area contributed by atoms with Crippen molar-refractivity contribution in [3.8, 4) is 5.75 Å². The van der Waals surface area contributed by atoms with Crippen molar-refractivity contribution >= 4 is 23.5 Å². The highest BCUT2D eigenvalue weighted by Crippen LogP contribution is 2.28. The van der Waals surface area contributed by atoms with Crippen molar-refractivity contribution < 1.29 is 19.4 Å². The Bertz CT molecular complexity index is 516. The van der Waals surface area contributed by atoms with E-state index < -0.39 is 12.1 Å². The molecule has 1 aromatic carbocycles. The molecule has 1 N–H and O–H groups in total. The first-order valence-electron chi connectivity index (χ1n) is 6.42. The lowest BCUT2D eigenvalue weighted by Crippen LogP contribution is -2.44. The molecule has 1 aliphatic rings. The number of carbonyl (C=O) groups excluding carboxylic acids is 1. The van der Waals surface area contributed by atoms with E-state index in [1.54, 1.807) is 31.2 Å². The Morgan fingerprint density at radius 1 is 1.50 bits per heavy atom. The number of carboxylic acid groups (broad SMARTS) is 1. The number of hydrogen-bond acceptors (Lipinski definition) is 3. The first kappa shape index (κ1) is 14.7. The van der Waals surface area contributed by atoms with Crippen molar-refractivity contribution in [2.75, 3.05) is 6.54 Å². The van der Waals surface area contributed by atoms with E-state index in [9.17, 15) is 9.59 Å². The molecule has 1 unspecified atom stereocenters. The van der Waals surface area contributed by atoms with Crippen LogP contribution in [0.3, 0.4) is 0 Å². The van der Waals surface area contributed by atoms with Gasteiger partial charge in [0.05, 0.1) is 0 Å². The molecule has 1 amide bonds. The summed E-state index contributed by atoms with van der Waals surface area (Å²) in [4.78, 5) is 24.4. The highest BCUT2D eigenvalue weighted by atomic mass is 35.5. The largest absolute Gasteiger partial charge is 0.481 e. The van der Waals surface area contributed by atoms with Gasteiger partial charge in [-0.3, -0.25) is 9.59 Å². The molecule has 1 aromatic rings. The summed E-state index contributed by atoms with van der Waals surface area (Å²) in [7, 11) is 0. The molecule has 0 heterocycles. The smallest absolute Gasteiger partial charge is 0.323 e. The van der Waals surface area contributed by atoms with E-state index >= 15 is 0 Å². The molecule has 20 heavy (non-hydrogen) atoms. The van der Waals surface area contributed by atoms with Crippen molar-refractivity contribution in [2.24, 2.45) is 0 Å². The molecule has 0 aromatic heterocycles. The van der Waals surface area contributed by atoms with Crippen LogP contribution in [-0.4, -0.2) is 40.6 Å². The summed E-state index contributed by atoms with van der Waals surface area (Å²) in [6.45, 7) is 1.33. The zero-order valence-electron chi connectivity index (χ0n) is 11.1. The normalized spacial score (nSPS) is 15.5. The van der Waals surface area contributed by atoms with E-state index in [-0.39, 0.29) is 18.5 Å². The van der Waals surface area contributed by atoms with Gasteiger partial charge >= 0.3 is 5.97 Å². The molecule has 0 spiro atoms. The number of ether oxygens (including phenoxy) is 1. The van der Waals surface area contributed by atoms with Gasteiger partial charge in [-0.25, -0.2) is 0 Å². The summed E-state index contributed by atoms with van der Waals surface area (Å²) in [5.41, 5.74) is 0. The molecule has 5 nitrogen and oxygen atoms in total. The third-order valence-electron chi connectivity index (χ3n) is 3.03. The van der Waals surface area contributed by atoms with Gasteiger partial charge in [-0.15, -0.1) is 0 Å². The third kappa shape index (κ3) is 3.87. The number of nitrogens with zero attached hydrogens (tertiary/aromatic N) is 1. The predicted molar refractivity (Wildman–Crippen MR) is 73.9 cm³/mol. The Kier molecular flexibility index (Phi) is 4.49. The summed E-state index contributed by atoms with van der Waals surface area (Å²) in [6.07, 6.45) is 0.958. The van der Waals surface area contributed by atoms with E-state index in [1.165, 1.54) is 4.90 Å². The van der Waals surface area contributed by atoms with Crippen LogP contribution in [0.1, 0.15) is 19.8 Å². The van der Waals surface area contributed by atoms with Gasteiger partial charge in [0.25, 0.3) is 5.91 Å². The molecule has 2 rings (SSSR count).